The third kappa shape index (κ3) is 7.91. The van der Waals surface area contributed by atoms with Crippen LogP contribution in [0.4, 0.5) is 16.2 Å². The zero-order chi connectivity index (χ0) is 17.9. The highest BCUT2D eigenvalue weighted by Crippen LogP contribution is 2.15. The van der Waals surface area contributed by atoms with Gasteiger partial charge in [0.25, 0.3) is 0 Å². The maximum absolute atomic E-state index is 11.7. The Labute approximate surface area is 143 Å². The number of amides is 3. The predicted octanol–water partition coefficient (Wildman–Crippen LogP) is 0.399. The third-order valence-electron chi connectivity index (χ3n) is 3.19. The summed E-state index contributed by atoms with van der Waals surface area (Å²) < 4.78 is 0. The van der Waals surface area contributed by atoms with Gasteiger partial charge in [-0.2, -0.15) is 0 Å². The standard InChI is InChI=1S/C16H28N6O2/c1-20(2)11-9-17-16(24)19-14-5-7-15(8-6-14)22(13-23)18-10-12-21(3)4/h5-8,13,18H,9-12H2,1-4H3,(H2,17,19,24). The number of carbonyl (C=O) groups excluding carboxylic acids is 2. The van der Waals surface area contributed by atoms with Gasteiger partial charge < -0.3 is 20.4 Å². The molecule has 134 valence electrons. The van der Waals surface area contributed by atoms with E-state index in [4.69, 9.17) is 0 Å². The van der Waals surface area contributed by atoms with Gasteiger partial charge in [-0.3, -0.25) is 4.79 Å². The van der Waals surface area contributed by atoms with Crippen molar-refractivity contribution < 1.29 is 9.59 Å². The molecule has 0 heterocycles. The average Bonchev–Trinajstić information content (AvgIpc) is 2.52. The molecule has 8 nitrogen and oxygen atoms in total. The quantitative estimate of drug-likeness (QED) is 0.426. The lowest BCUT2D eigenvalue weighted by atomic mass is 10.3. The van der Waals surface area contributed by atoms with Gasteiger partial charge in [-0.15, -0.1) is 0 Å². The van der Waals surface area contributed by atoms with Gasteiger partial charge in [-0.1, -0.05) is 0 Å². The molecule has 8 heteroatoms. The Kier molecular flexibility index (Phi) is 8.77. The molecular formula is C16H28N6O2. The SMILES string of the molecule is CN(C)CCNC(=O)Nc1ccc(N(C=O)NCCN(C)C)cc1. The van der Waals surface area contributed by atoms with Crippen LogP contribution in [0.5, 0.6) is 0 Å². The largest absolute Gasteiger partial charge is 0.337 e. The van der Waals surface area contributed by atoms with Crippen molar-refractivity contribution in [2.24, 2.45) is 0 Å². The first kappa shape index (κ1) is 19.9. The second kappa shape index (κ2) is 10.6. The lowest BCUT2D eigenvalue weighted by Gasteiger charge is -2.20. The van der Waals surface area contributed by atoms with Crippen molar-refractivity contribution in [3.8, 4) is 0 Å². The summed E-state index contributed by atoms with van der Waals surface area (Å²) in [4.78, 5) is 27.0. The lowest BCUT2D eigenvalue weighted by Crippen LogP contribution is -2.40. The van der Waals surface area contributed by atoms with Gasteiger partial charge in [0.1, 0.15) is 0 Å². The summed E-state index contributed by atoms with van der Waals surface area (Å²) in [6.07, 6.45) is 0.728. The fourth-order valence-corrected chi connectivity index (χ4v) is 1.86. The summed E-state index contributed by atoms with van der Waals surface area (Å²) >= 11 is 0. The number of hydrazine groups is 1. The molecule has 24 heavy (non-hydrogen) atoms. The average molecular weight is 336 g/mol. The van der Waals surface area contributed by atoms with Crippen LogP contribution in [0, 0.1) is 0 Å². The molecule has 0 spiro atoms. The second-order valence-electron chi connectivity index (χ2n) is 5.92. The van der Waals surface area contributed by atoms with Gasteiger partial charge in [0.2, 0.25) is 6.41 Å². The second-order valence-corrected chi connectivity index (χ2v) is 5.92. The molecular weight excluding hydrogens is 308 g/mol. The minimum absolute atomic E-state index is 0.249. The molecule has 0 atom stereocenters. The molecule has 0 unspecified atom stereocenters. The Hall–Kier alpha value is -2.16. The van der Waals surface area contributed by atoms with Gasteiger partial charge in [0.15, 0.2) is 0 Å². The topological polar surface area (TPSA) is 80.0 Å². The Morgan fingerprint density at radius 2 is 1.58 bits per heavy atom. The van der Waals surface area contributed by atoms with Crippen molar-refractivity contribution in [2.75, 3.05) is 64.7 Å². The summed E-state index contributed by atoms with van der Waals surface area (Å²) in [6.45, 7) is 2.82. The van der Waals surface area contributed by atoms with E-state index in [0.717, 1.165) is 19.5 Å². The molecule has 3 amide bonds. The van der Waals surface area contributed by atoms with Crippen LogP contribution in [-0.2, 0) is 4.79 Å². The van der Waals surface area contributed by atoms with E-state index in [0.29, 0.717) is 24.5 Å². The summed E-state index contributed by atoms with van der Waals surface area (Å²) in [5.74, 6) is 0. The molecule has 0 bridgehead atoms. The number of hydrogen-bond acceptors (Lipinski definition) is 5. The molecule has 0 saturated carbocycles. The van der Waals surface area contributed by atoms with E-state index in [2.05, 4.69) is 16.1 Å². The van der Waals surface area contributed by atoms with Crippen molar-refractivity contribution in [3.05, 3.63) is 24.3 Å². The fraction of sp³-hybridized carbons (Fsp3) is 0.500. The van der Waals surface area contributed by atoms with Crippen molar-refractivity contribution in [2.45, 2.75) is 0 Å². The van der Waals surface area contributed by atoms with E-state index in [1.807, 2.05) is 38.0 Å². The first-order valence-electron chi connectivity index (χ1n) is 7.85. The Balaban J connectivity index is 2.48. The minimum Gasteiger partial charge on any atom is -0.337 e. The minimum atomic E-state index is -0.249. The molecule has 1 aromatic rings. The number of nitrogens with one attached hydrogen (secondary N) is 3. The van der Waals surface area contributed by atoms with Gasteiger partial charge in [0.05, 0.1) is 5.69 Å². The number of benzene rings is 1. The van der Waals surface area contributed by atoms with Crippen molar-refractivity contribution in [3.63, 3.8) is 0 Å². The normalized spacial score (nSPS) is 10.8. The molecule has 1 rings (SSSR count). The molecule has 0 aliphatic carbocycles. The van der Waals surface area contributed by atoms with Crippen LogP contribution in [-0.4, -0.2) is 76.6 Å². The van der Waals surface area contributed by atoms with Gasteiger partial charge in [0, 0.05) is 31.9 Å². The van der Waals surface area contributed by atoms with Crippen molar-refractivity contribution in [1.29, 1.82) is 0 Å². The van der Waals surface area contributed by atoms with E-state index in [-0.39, 0.29) is 6.03 Å². The van der Waals surface area contributed by atoms with E-state index in [9.17, 15) is 9.59 Å². The molecule has 0 aliphatic rings. The number of anilines is 2. The molecule has 0 saturated heterocycles. The highest BCUT2D eigenvalue weighted by Gasteiger charge is 2.06. The van der Waals surface area contributed by atoms with Crippen LogP contribution in [0.2, 0.25) is 0 Å². The molecule has 0 aromatic heterocycles. The smallest absolute Gasteiger partial charge is 0.319 e. The van der Waals surface area contributed by atoms with Gasteiger partial charge in [-0.25, -0.2) is 15.2 Å². The molecule has 1 aromatic carbocycles. The molecule has 0 aliphatic heterocycles. The highest BCUT2D eigenvalue weighted by molar-refractivity contribution is 5.89. The van der Waals surface area contributed by atoms with E-state index in [1.165, 1.54) is 5.01 Å². The zero-order valence-electron chi connectivity index (χ0n) is 14.9. The summed E-state index contributed by atoms with van der Waals surface area (Å²) in [5.41, 5.74) is 4.41. The number of likely N-dealkylation sites (N-methyl/N-ethyl adjacent to an activating group) is 2. The van der Waals surface area contributed by atoms with Crippen LogP contribution >= 0.6 is 0 Å². The first-order valence-corrected chi connectivity index (χ1v) is 7.85. The number of urea groups is 1. The van der Waals surface area contributed by atoms with Crippen LogP contribution in [0.15, 0.2) is 24.3 Å². The summed E-state index contributed by atoms with van der Waals surface area (Å²) in [7, 11) is 7.83. The van der Waals surface area contributed by atoms with Crippen LogP contribution in [0.1, 0.15) is 0 Å². The number of carbonyl (C=O) groups is 2. The Morgan fingerprint density at radius 1 is 1.00 bits per heavy atom. The van der Waals surface area contributed by atoms with Crippen molar-refractivity contribution >= 4 is 23.8 Å². The van der Waals surface area contributed by atoms with Crippen LogP contribution < -0.4 is 21.1 Å². The van der Waals surface area contributed by atoms with Crippen LogP contribution in [0.3, 0.4) is 0 Å². The maximum atomic E-state index is 11.7. The van der Waals surface area contributed by atoms with Gasteiger partial charge >= 0.3 is 6.03 Å². The summed E-state index contributed by atoms with van der Waals surface area (Å²) in [5, 5.41) is 6.95. The molecule has 3 N–H and O–H groups in total. The molecule has 0 radical (unpaired) electrons. The van der Waals surface area contributed by atoms with Gasteiger partial charge in [-0.05, 0) is 52.5 Å². The lowest BCUT2D eigenvalue weighted by molar-refractivity contribution is -0.108. The summed E-state index contributed by atoms with van der Waals surface area (Å²) in [6, 6.07) is 6.80. The number of hydrogen-bond donors (Lipinski definition) is 3. The predicted molar refractivity (Wildman–Crippen MR) is 97.1 cm³/mol. The van der Waals surface area contributed by atoms with E-state index < -0.39 is 0 Å². The highest BCUT2D eigenvalue weighted by atomic mass is 16.2. The van der Waals surface area contributed by atoms with E-state index in [1.54, 1.807) is 24.3 Å². The fourth-order valence-electron chi connectivity index (χ4n) is 1.86. The molecule has 0 fully saturated rings. The maximum Gasteiger partial charge on any atom is 0.319 e. The third-order valence-corrected chi connectivity index (χ3v) is 3.19. The zero-order valence-corrected chi connectivity index (χ0v) is 14.9. The van der Waals surface area contributed by atoms with Crippen LogP contribution in [0.25, 0.3) is 0 Å². The number of nitrogens with zero attached hydrogens (tertiary/aromatic N) is 3. The van der Waals surface area contributed by atoms with E-state index >= 15 is 0 Å². The Morgan fingerprint density at radius 3 is 2.12 bits per heavy atom. The number of rotatable bonds is 10. The Bertz CT molecular complexity index is 504. The monoisotopic (exact) mass is 336 g/mol. The first-order chi connectivity index (χ1) is 11.4. The van der Waals surface area contributed by atoms with Crippen molar-refractivity contribution in [1.82, 2.24) is 20.5 Å².